The minimum Gasteiger partial charge on any atom is -0.395 e. The van der Waals surface area contributed by atoms with Crippen LogP contribution in [0.2, 0.25) is 0 Å². The SMILES string of the molecule is CNC(C)(C)C(=O)N1CCCN(CCO)CC1. The molecule has 0 unspecified atom stereocenters. The molecule has 1 rings (SSSR count). The van der Waals surface area contributed by atoms with Crippen LogP contribution in [0.1, 0.15) is 20.3 Å². The first-order valence-corrected chi connectivity index (χ1v) is 6.33. The van der Waals surface area contributed by atoms with Gasteiger partial charge in [-0.3, -0.25) is 9.69 Å². The highest BCUT2D eigenvalue weighted by Gasteiger charge is 2.31. The number of hydrogen-bond acceptors (Lipinski definition) is 4. The number of nitrogens with one attached hydrogen (secondary N) is 1. The monoisotopic (exact) mass is 243 g/mol. The first-order valence-electron chi connectivity index (χ1n) is 6.33. The van der Waals surface area contributed by atoms with E-state index >= 15 is 0 Å². The molecule has 0 aromatic carbocycles. The third-order valence-electron chi connectivity index (χ3n) is 3.45. The molecule has 0 saturated carbocycles. The standard InChI is InChI=1S/C12H25N3O2/c1-12(2,13-3)11(17)15-6-4-5-14(7-8-15)9-10-16/h13,16H,4-10H2,1-3H3. The fourth-order valence-electron chi connectivity index (χ4n) is 2.04. The van der Waals surface area contributed by atoms with Crippen molar-refractivity contribution in [3.63, 3.8) is 0 Å². The molecule has 0 aromatic heterocycles. The van der Waals surface area contributed by atoms with Crippen LogP contribution in [-0.2, 0) is 4.79 Å². The van der Waals surface area contributed by atoms with E-state index in [0.29, 0.717) is 6.54 Å². The lowest BCUT2D eigenvalue weighted by Gasteiger charge is -2.31. The topological polar surface area (TPSA) is 55.8 Å². The Hall–Kier alpha value is -0.650. The van der Waals surface area contributed by atoms with Gasteiger partial charge in [-0.2, -0.15) is 0 Å². The molecule has 0 aliphatic carbocycles. The van der Waals surface area contributed by atoms with Crippen LogP contribution in [0.15, 0.2) is 0 Å². The lowest BCUT2D eigenvalue weighted by molar-refractivity contribution is -0.136. The van der Waals surface area contributed by atoms with Crippen LogP contribution in [-0.4, -0.2) is 72.7 Å². The van der Waals surface area contributed by atoms with E-state index in [9.17, 15) is 4.79 Å². The minimum absolute atomic E-state index is 0.158. The summed E-state index contributed by atoms with van der Waals surface area (Å²) in [4.78, 5) is 16.4. The van der Waals surface area contributed by atoms with Crippen LogP contribution in [0, 0.1) is 0 Å². The highest BCUT2D eigenvalue weighted by atomic mass is 16.3. The van der Waals surface area contributed by atoms with Crippen molar-refractivity contribution >= 4 is 5.91 Å². The van der Waals surface area contributed by atoms with E-state index < -0.39 is 5.54 Å². The first kappa shape index (κ1) is 14.4. The lowest BCUT2D eigenvalue weighted by atomic mass is 10.0. The highest BCUT2D eigenvalue weighted by Crippen LogP contribution is 2.10. The number of amides is 1. The molecule has 0 radical (unpaired) electrons. The Bertz CT molecular complexity index is 256. The van der Waals surface area contributed by atoms with Gasteiger partial charge in [0.05, 0.1) is 12.1 Å². The first-order chi connectivity index (χ1) is 8.01. The molecule has 1 heterocycles. The molecule has 2 N–H and O–H groups in total. The van der Waals surface area contributed by atoms with Crippen molar-refractivity contribution in [2.75, 3.05) is 46.4 Å². The Kier molecular flexibility index (Phi) is 5.36. The molecule has 1 saturated heterocycles. The minimum atomic E-state index is -0.494. The summed E-state index contributed by atoms with van der Waals surface area (Å²) >= 11 is 0. The van der Waals surface area contributed by atoms with Crippen molar-refractivity contribution in [1.29, 1.82) is 0 Å². The van der Waals surface area contributed by atoms with Crippen molar-refractivity contribution in [1.82, 2.24) is 15.1 Å². The molecule has 17 heavy (non-hydrogen) atoms. The number of carbonyl (C=O) groups excluding carboxylic acids is 1. The van der Waals surface area contributed by atoms with Crippen LogP contribution in [0.5, 0.6) is 0 Å². The van der Waals surface area contributed by atoms with E-state index in [1.54, 1.807) is 0 Å². The Morgan fingerprint density at radius 3 is 2.59 bits per heavy atom. The summed E-state index contributed by atoms with van der Waals surface area (Å²) in [6.45, 7) is 8.09. The number of hydrogen-bond donors (Lipinski definition) is 2. The second-order valence-corrected chi connectivity index (χ2v) is 5.09. The van der Waals surface area contributed by atoms with Crippen LogP contribution in [0.25, 0.3) is 0 Å². The summed E-state index contributed by atoms with van der Waals surface area (Å²) in [5.41, 5.74) is -0.494. The molecule has 1 amide bonds. The lowest BCUT2D eigenvalue weighted by Crippen LogP contribution is -2.53. The maximum Gasteiger partial charge on any atom is 0.242 e. The predicted molar refractivity (Wildman–Crippen MR) is 67.9 cm³/mol. The average Bonchev–Trinajstić information content (AvgIpc) is 2.54. The van der Waals surface area contributed by atoms with Gasteiger partial charge in [-0.1, -0.05) is 0 Å². The van der Waals surface area contributed by atoms with Crippen molar-refractivity contribution in [3.05, 3.63) is 0 Å². The van der Waals surface area contributed by atoms with E-state index in [-0.39, 0.29) is 12.5 Å². The average molecular weight is 243 g/mol. The van der Waals surface area contributed by atoms with Gasteiger partial charge in [-0.15, -0.1) is 0 Å². The van der Waals surface area contributed by atoms with Crippen molar-refractivity contribution < 1.29 is 9.90 Å². The number of β-amino-alcohol motifs (C(OH)–C–C–N with tert-alkyl or cyclic N) is 1. The zero-order valence-electron chi connectivity index (χ0n) is 11.2. The van der Waals surface area contributed by atoms with E-state index in [1.165, 1.54) is 0 Å². The number of carbonyl (C=O) groups is 1. The summed E-state index contributed by atoms with van der Waals surface area (Å²) in [6.07, 6.45) is 0.978. The van der Waals surface area contributed by atoms with E-state index in [0.717, 1.165) is 32.6 Å². The molecule has 0 bridgehead atoms. The quantitative estimate of drug-likeness (QED) is 0.700. The largest absolute Gasteiger partial charge is 0.395 e. The van der Waals surface area contributed by atoms with Crippen LogP contribution >= 0.6 is 0 Å². The molecular weight excluding hydrogens is 218 g/mol. The Morgan fingerprint density at radius 2 is 2.00 bits per heavy atom. The Labute approximate surface area is 104 Å². The number of rotatable bonds is 4. The summed E-state index contributed by atoms with van der Waals surface area (Å²) in [5.74, 6) is 0.158. The molecule has 5 heteroatoms. The molecule has 0 aromatic rings. The number of nitrogens with zero attached hydrogens (tertiary/aromatic N) is 2. The summed E-state index contributed by atoms with van der Waals surface area (Å²) in [5, 5.41) is 12.0. The second-order valence-electron chi connectivity index (χ2n) is 5.09. The second kappa shape index (κ2) is 6.33. The van der Waals surface area contributed by atoms with Gasteiger partial charge in [0.25, 0.3) is 0 Å². The molecule has 0 spiro atoms. The summed E-state index contributed by atoms with van der Waals surface area (Å²) in [6, 6.07) is 0. The van der Waals surface area contributed by atoms with Crippen LogP contribution in [0.3, 0.4) is 0 Å². The zero-order chi connectivity index (χ0) is 12.9. The van der Waals surface area contributed by atoms with Crippen LogP contribution < -0.4 is 5.32 Å². The van der Waals surface area contributed by atoms with Gasteiger partial charge in [-0.25, -0.2) is 0 Å². The number of aliphatic hydroxyl groups excluding tert-OH is 1. The van der Waals surface area contributed by atoms with Gasteiger partial charge in [-0.05, 0) is 33.9 Å². The third kappa shape index (κ3) is 3.94. The molecule has 100 valence electrons. The van der Waals surface area contributed by atoms with E-state index in [1.807, 2.05) is 25.8 Å². The highest BCUT2D eigenvalue weighted by molar-refractivity contribution is 5.85. The van der Waals surface area contributed by atoms with Gasteiger partial charge >= 0.3 is 0 Å². The molecule has 1 aliphatic heterocycles. The van der Waals surface area contributed by atoms with Crippen molar-refractivity contribution in [3.8, 4) is 0 Å². The van der Waals surface area contributed by atoms with E-state index in [2.05, 4.69) is 10.2 Å². The van der Waals surface area contributed by atoms with Crippen molar-refractivity contribution in [2.45, 2.75) is 25.8 Å². The normalized spacial score (nSPS) is 19.2. The Morgan fingerprint density at radius 1 is 1.29 bits per heavy atom. The van der Waals surface area contributed by atoms with Gasteiger partial charge in [0, 0.05) is 26.2 Å². The van der Waals surface area contributed by atoms with E-state index in [4.69, 9.17) is 5.11 Å². The predicted octanol–water partition coefficient (Wildman–Crippen LogP) is -0.489. The fourth-order valence-corrected chi connectivity index (χ4v) is 2.04. The summed E-state index contributed by atoms with van der Waals surface area (Å²) < 4.78 is 0. The van der Waals surface area contributed by atoms with Crippen molar-refractivity contribution in [2.24, 2.45) is 0 Å². The van der Waals surface area contributed by atoms with Gasteiger partial charge < -0.3 is 15.3 Å². The van der Waals surface area contributed by atoms with Crippen LogP contribution in [0.4, 0.5) is 0 Å². The third-order valence-corrected chi connectivity index (χ3v) is 3.45. The molecule has 1 fully saturated rings. The molecule has 0 atom stereocenters. The zero-order valence-corrected chi connectivity index (χ0v) is 11.2. The fraction of sp³-hybridized carbons (Fsp3) is 0.917. The number of aliphatic hydroxyl groups is 1. The summed E-state index contributed by atoms with van der Waals surface area (Å²) in [7, 11) is 1.81. The molecular formula is C12H25N3O2. The smallest absolute Gasteiger partial charge is 0.242 e. The Balaban J connectivity index is 2.54. The maximum absolute atomic E-state index is 12.3. The van der Waals surface area contributed by atoms with Gasteiger partial charge in [0.15, 0.2) is 0 Å². The maximum atomic E-state index is 12.3. The number of likely N-dealkylation sites (N-methyl/N-ethyl adjacent to an activating group) is 1. The van der Waals surface area contributed by atoms with Gasteiger partial charge in [0.2, 0.25) is 5.91 Å². The van der Waals surface area contributed by atoms with Gasteiger partial charge in [0.1, 0.15) is 0 Å². The molecule has 1 aliphatic rings. The molecule has 5 nitrogen and oxygen atoms in total.